The minimum Gasteiger partial charge on any atom is -0.465 e. The Kier molecular flexibility index (Phi) is 3.01. The Labute approximate surface area is 104 Å². The normalized spacial score (nSPS) is 10.4. The van der Waals surface area contributed by atoms with Gasteiger partial charge < -0.3 is 10.5 Å². The van der Waals surface area contributed by atoms with E-state index in [1.165, 1.54) is 7.11 Å². The van der Waals surface area contributed by atoms with Gasteiger partial charge in [-0.25, -0.2) is 14.5 Å². The fourth-order valence-corrected chi connectivity index (χ4v) is 1.72. The van der Waals surface area contributed by atoms with Crippen molar-refractivity contribution < 1.29 is 9.53 Å². The molecule has 2 rings (SSSR count). The lowest BCUT2D eigenvalue weighted by atomic mass is 10.1. The number of benzene rings is 1. The monoisotopic (exact) mass is 246 g/mol. The minimum absolute atomic E-state index is 0.411. The summed E-state index contributed by atoms with van der Waals surface area (Å²) in [6, 6.07) is 4.91. The van der Waals surface area contributed by atoms with Crippen LogP contribution in [0.2, 0.25) is 0 Å². The predicted octanol–water partition coefficient (Wildman–Crippen LogP) is 1.25. The molecule has 0 bridgehead atoms. The topological polar surface area (TPSA) is 83.0 Å². The first kappa shape index (κ1) is 12.1. The molecule has 18 heavy (non-hydrogen) atoms. The minimum atomic E-state index is -0.411. The Balaban J connectivity index is 2.56. The Hall–Kier alpha value is -2.37. The number of nitrogens with zero attached hydrogens (tertiary/aromatic N) is 3. The van der Waals surface area contributed by atoms with Crippen LogP contribution in [0, 0.1) is 13.8 Å². The van der Waals surface area contributed by atoms with E-state index in [4.69, 9.17) is 5.73 Å². The summed E-state index contributed by atoms with van der Waals surface area (Å²) in [4.78, 5) is 15.7. The Morgan fingerprint density at radius 3 is 2.67 bits per heavy atom. The van der Waals surface area contributed by atoms with Crippen LogP contribution in [0.1, 0.15) is 22.0 Å². The van der Waals surface area contributed by atoms with Gasteiger partial charge in [0.1, 0.15) is 11.6 Å². The van der Waals surface area contributed by atoms with E-state index < -0.39 is 5.97 Å². The number of hydrogen-bond donors (Lipinski definition) is 1. The lowest BCUT2D eigenvalue weighted by Gasteiger charge is -2.08. The lowest BCUT2D eigenvalue weighted by molar-refractivity contribution is 0.0600. The van der Waals surface area contributed by atoms with E-state index >= 15 is 0 Å². The highest BCUT2D eigenvalue weighted by molar-refractivity contribution is 5.91. The maximum atomic E-state index is 11.5. The number of carbonyl (C=O) groups is 1. The van der Waals surface area contributed by atoms with Gasteiger partial charge in [-0.2, -0.15) is 5.10 Å². The van der Waals surface area contributed by atoms with Crippen molar-refractivity contribution >= 4 is 11.7 Å². The molecule has 0 aliphatic heterocycles. The van der Waals surface area contributed by atoms with Gasteiger partial charge >= 0.3 is 5.97 Å². The molecule has 0 aliphatic carbocycles. The number of nitrogen functional groups attached to an aromatic ring is 1. The lowest BCUT2D eigenvalue weighted by Crippen LogP contribution is -2.07. The molecule has 2 N–H and O–H groups in total. The molecule has 0 unspecified atom stereocenters. The summed E-state index contributed by atoms with van der Waals surface area (Å²) in [6.45, 7) is 3.62. The van der Waals surface area contributed by atoms with Crippen LogP contribution in [0.5, 0.6) is 0 Å². The molecule has 0 amide bonds. The third-order valence-corrected chi connectivity index (χ3v) is 2.55. The van der Waals surface area contributed by atoms with Crippen molar-refractivity contribution in [3.63, 3.8) is 0 Å². The maximum Gasteiger partial charge on any atom is 0.337 e. The zero-order valence-corrected chi connectivity index (χ0v) is 10.5. The van der Waals surface area contributed by atoms with E-state index in [1.54, 1.807) is 29.8 Å². The SMILES string of the molecule is COC(=O)c1ccc(N)c(-n2nc(C)nc2C)c1. The van der Waals surface area contributed by atoms with E-state index in [-0.39, 0.29) is 0 Å². The highest BCUT2D eigenvalue weighted by Crippen LogP contribution is 2.20. The fraction of sp³-hybridized carbons (Fsp3) is 0.250. The largest absolute Gasteiger partial charge is 0.465 e. The number of ether oxygens (including phenoxy) is 1. The summed E-state index contributed by atoms with van der Waals surface area (Å²) in [5.41, 5.74) is 7.47. The summed E-state index contributed by atoms with van der Waals surface area (Å²) < 4.78 is 6.29. The number of hydrogen-bond acceptors (Lipinski definition) is 5. The van der Waals surface area contributed by atoms with Crippen LogP contribution < -0.4 is 5.73 Å². The molecule has 0 atom stereocenters. The average molecular weight is 246 g/mol. The number of esters is 1. The van der Waals surface area contributed by atoms with Gasteiger partial charge in [0.25, 0.3) is 0 Å². The van der Waals surface area contributed by atoms with Gasteiger partial charge in [0.15, 0.2) is 0 Å². The van der Waals surface area contributed by atoms with Gasteiger partial charge in [-0.15, -0.1) is 0 Å². The highest BCUT2D eigenvalue weighted by atomic mass is 16.5. The third-order valence-electron chi connectivity index (χ3n) is 2.55. The van der Waals surface area contributed by atoms with Crippen molar-refractivity contribution in [3.8, 4) is 5.69 Å². The Morgan fingerprint density at radius 1 is 1.39 bits per heavy atom. The molecular formula is C12H14N4O2. The van der Waals surface area contributed by atoms with Crippen molar-refractivity contribution in [2.24, 2.45) is 0 Å². The van der Waals surface area contributed by atoms with Gasteiger partial charge in [-0.05, 0) is 32.0 Å². The molecular weight excluding hydrogens is 232 g/mol. The van der Waals surface area contributed by atoms with E-state index in [1.807, 2.05) is 6.92 Å². The number of rotatable bonds is 2. The smallest absolute Gasteiger partial charge is 0.337 e. The van der Waals surface area contributed by atoms with Crippen molar-refractivity contribution in [2.45, 2.75) is 13.8 Å². The summed E-state index contributed by atoms with van der Waals surface area (Å²) in [5.74, 6) is 0.947. The molecule has 0 saturated carbocycles. The molecule has 6 heteroatoms. The zero-order valence-electron chi connectivity index (χ0n) is 10.5. The van der Waals surface area contributed by atoms with Gasteiger partial charge in [-0.1, -0.05) is 0 Å². The van der Waals surface area contributed by atoms with Crippen molar-refractivity contribution in [1.82, 2.24) is 14.8 Å². The molecule has 0 aliphatic rings. The van der Waals surface area contributed by atoms with Crippen LogP contribution >= 0.6 is 0 Å². The first-order valence-electron chi connectivity index (χ1n) is 5.41. The van der Waals surface area contributed by atoms with Gasteiger partial charge in [0.2, 0.25) is 0 Å². The van der Waals surface area contributed by atoms with Gasteiger partial charge in [0, 0.05) is 0 Å². The third kappa shape index (κ3) is 2.04. The summed E-state index contributed by atoms with van der Waals surface area (Å²) >= 11 is 0. The predicted molar refractivity (Wildman–Crippen MR) is 66.6 cm³/mol. The molecule has 1 aromatic heterocycles. The summed E-state index contributed by atoms with van der Waals surface area (Å²) in [7, 11) is 1.34. The quantitative estimate of drug-likeness (QED) is 0.637. The molecule has 1 aromatic carbocycles. The number of aryl methyl sites for hydroxylation is 2. The number of carbonyl (C=O) groups excluding carboxylic acids is 1. The number of nitrogens with two attached hydrogens (primary N) is 1. The summed E-state index contributed by atoms with van der Waals surface area (Å²) in [6.07, 6.45) is 0. The second-order valence-electron chi connectivity index (χ2n) is 3.88. The van der Waals surface area contributed by atoms with Gasteiger partial charge in [-0.3, -0.25) is 0 Å². The Bertz CT molecular complexity index is 604. The second-order valence-corrected chi connectivity index (χ2v) is 3.88. The standard InChI is InChI=1S/C12H14N4O2/c1-7-14-8(2)16(15-7)11-6-9(12(17)18-3)4-5-10(11)13/h4-6H,13H2,1-3H3. The molecule has 0 radical (unpaired) electrons. The molecule has 2 aromatic rings. The highest BCUT2D eigenvalue weighted by Gasteiger charge is 2.12. The molecule has 0 saturated heterocycles. The van der Waals surface area contributed by atoms with Gasteiger partial charge in [0.05, 0.1) is 24.0 Å². The van der Waals surface area contributed by atoms with E-state index in [9.17, 15) is 4.79 Å². The van der Waals surface area contributed by atoms with E-state index in [0.29, 0.717) is 28.6 Å². The molecule has 6 nitrogen and oxygen atoms in total. The van der Waals surface area contributed by atoms with Crippen LogP contribution in [-0.2, 0) is 4.74 Å². The summed E-state index contributed by atoms with van der Waals surface area (Å²) in [5, 5.41) is 4.24. The zero-order chi connectivity index (χ0) is 13.3. The average Bonchev–Trinajstić information content (AvgIpc) is 2.68. The van der Waals surface area contributed by atoms with Crippen LogP contribution in [0.15, 0.2) is 18.2 Å². The van der Waals surface area contributed by atoms with E-state index in [0.717, 1.165) is 0 Å². The van der Waals surface area contributed by atoms with Crippen LogP contribution in [0.25, 0.3) is 5.69 Å². The first-order valence-corrected chi connectivity index (χ1v) is 5.41. The fourth-order valence-electron chi connectivity index (χ4n) is 1.72. The molecule has 94 valence electrons. The number of aromatic nitrogens is 3. The second kappa shape index (κ2) is 4.48. The van der Waals surface area contributed by atoms with Crippen molar-refractivity contribution in [3.05, 3.63) is 35.4 Å². The van der Waals surface area contributed by atoms with Crippen molar-refractivity contribution in [1.29, 1.82) is 0 Å². The van der Waals surface area contributed by atoms with Crippen molar-refractivity contribution in [2.75, 3.05) is 12.8 Å². The molecule has 0 fully saturated rings. The van der Waals surface area contributed by atoms with Crippen LogP contribution in [0.4, 0.5) is 5.69 Å². The first-order chi connectivity index (χ1) is 8.52. The maximum absolute atomic E-state index is 11.5. The number of anilines is 1. The van der Waals surface area contributed by atoms with E-state index in [2.05, 4.69) is 14.8 Å². The molecule has 1 heterocycles. The van der Waals surface area contributed by atoms with Crippen LogP contribution in [-0.4, -0.2) is 27.8 Å². The van der Waals surface area contributed by atoms with Crippen LogP contribution in [0.3, 0.4) is 0 Å². The molecule has 0 spiro atoms. The Morgan fingerprint density at radius 2 is 2.11 bits per heavy atom. The number of methoxy groups -OCH3 is 1.